The first-order valence-electron chi connectivity index (χ1n) is 9.12. The number of hydrogen-bond donors (Lipinski definition) is 0. The predicted octanol–water partition coefficient (Wildman–Crippen LogP) is 3.64. The largest absolute Gasteiger partial charge is 0.375 e. The van der Waals surface area contributed by atoms with Gasteiger partial charge in [0.2, 0.25) is 0 Å². The molecule has 1 heterocycles. The maximum Gasteiger partial charge on any atom is 0.127 e. The van der Waals surface area contributed by atoms with Crippen LogP contribution >= 0.6 is 0 Å². The number of rotatable bonds is 8. The van der Waals surface area contributed by atoms with Crippen LogP contribution in [0.2, 0.25) is 0 Å². The molecule has 0 amide bonds. The van der Waals surface area contributed by atoms with Gasteiger partial charge in [0.15, 0.2) is 0 Å². The molecule has 138 valence electrons. The van der Waals surface area contributed by atoms with E-state index in [1.54, 1.807) is 0 Å². The van der Waals surface area contributed by atoms with Gasteiger partial charge in [0.1, 0.15) is 6.29 Å². The third-order valence-electron chi connectivity index (χ3n) is 4.88. The zero-order chi connectivity index (χ0) is 18.2. The summed E-state index contributed by atoms with van der Waals surface area (Å²) in [5.41, 5.74) is 2.24. The van der Waals surface area contributed by atoms with Gasteiger partial charge in [0.05, 0.1) is 44.6 Å². The van der Waals surface area contributed by atoms with Gasteiger partial charge in [-0.25, -0.2) is 0 Å². The molecule has 2 aromatic rings. The molecule has 1 saturated heterocycles. The zero-order valence-electron chi connectivity index (χ0n) is 15.1. The van der Waals surface area contributed by atoms with Crippen molar-refractivity contribution in [3.05, 3.63) is 71.8 Å². The minimum atomic E-state index is -0.237. The van der Waals surface area contributed by atoms with E-state index in [9.17, 15) is 4.79 Å². The molecule has 0 aromatic heterocycles. The molecule has 4 nitrogen and oxygen atoms in total. The molecule has 0 spiro atoms. The maximum atomic E-state index is 11.4. The van der Waals surface area contributed by atoms with Gasteiger partial charge in [-0.2, -0.15) is 0 Å². The number of aldehydes is 1. The number of carbonyl (C=O) groups excluding carboxylic acids is 1. The van der Waals surface area contributed by atoms with Crippen LogP contribution in [0.1, 0.15) is 18.1 Å². The second-order valence-electron chi connectivity index (χ2n) is 6.79. The number of benzene rings is 2. The van der Waals surface area contributed by atoms with E-state index in [4.69, 9.17) is 14.2 Å². The average Bonchev–Trinajstić information content (AvgIpc) is 2.69. The van der Waals surface area contributed by atoms with Crippen LogP contribution in [0.3, 0.4) is 0 Å². The Morgan fingerprint density at radius 1 is 1.00 bits per heavy atom. The Hall–Kier alpha value is -2.01. The van der Waals surface area contributed by atoms with Crippen molar-refractivity contribution in [3.63, 3.8) is 0 Å². The minimum Gasteiger partial charge on any atom is -0.375 e. The fourth-order valence-electron chi connectivity index (χ4n) is 3.31. The van der Waals surface area contributed by atoms with Gasteiger partial charge in [0.25, 0.3) is 0 Å². The molecule has 4 heteroatoms. The number of carbonyl (C=O) groups is 1. The summed E-state index contributed by atoms with van der Waals surface area (Å²) in [6.45, 7) is 4.00. The summed E-state index contributed by atoms with van der Waals surface area (Å²) in [6.07, 6.45) is 0.718. The van der Waals surface area contributed by atoms with E-state index in [2.05, 4.69) is 6.92 Å². The van der Waals surface area contributed by atoms with Crippen molar-refractivity contribution in [1.29, 1.82) is 0 Å². The normalized spacial score (nSPS) is 25.7. The molecular formula is C22H26O4. The van der Waals surface area contributed by atoms with Gasteiger partial charge in [-0.15, -0.1) is 0 Å². The molecule has 0 unspecified atom stereocenters. The Labute approximate surface area is 155 Å². The van der Waals surface area contributed by atoms with E-state index >= 15 is 0 Å². The lowest BCUT2D eigenvalue weighted by molar-refractivity contribution is -0.169. The molecule has 2 aromatic carbocycles. The zero-order valence-corrected chi connectivity index (χ0v) is 15.1. The van der Waals surface area contributed by atoms with Crippen molar-refractivity contribution in [1.82, 2.24) is 0 Å². The van der Waals surface area contributed by atoms with Crippen LogP contribution < -0.4 is 0 Å². The molecule has 1 aliphatic rings. The van der Waals surface area contributed by atoms with E-state index in [-0.39, 0.29) is 24.0 Å². The first kappa shape index (κ1) is 18.8. The molecule has 1 fully saturated rings. The summed E-state index contributed by atoms with van der Waals surface area (Å²) in [6, 6.07) is 20.1. The monoisotopic (exact) mass is 354 g/mol. The van der Waals surface area contributed by atoms with Gasteiger partial charge in [0, 0.05) is 5.92 Å². The fraction of sp³-hybridized carbons (Fsp3) is 0.409. The van der Waals surface area contributed by atoms with E-state index in [0.717, 1.165) is 17.4 Å². The second-order valence-corrected chi connectivity index (χ2v) is 6.79. The number of hydrogen-bond acceptors (Lipinski definition) is 4. The van der Waals surface area contributed by atoms with Crippen molar-refractivity contribution < 1.29 is 19.0 Å². The lowest BCUT2D eigenvalue weighted by atomic mass is 9.86. The van der Waals surface area contributed by atoms with Crippen molar-refractivity contribution in [2.75, 3.05) is 13.2 Å². The van der Waals surface area contributed by atoms with Crippen molar-refractivity contribution >= 4 is 6.29 Å². The summed E-state index contributed by atoms with van der Waals surface area (Å²) in [5.74, 6) is -0.155. The highest BCUT2D eigenvalue weighted by atomic mass is 16.5. The Morgan fingerprint density at radius 2 is 1.62 bits per heavy atom. The van der Waals surface area contributed by atoms with Gasteiger partial charge < -0.3 is 19.0 Å². The minimum absolute atomic E-state index is 0.0734. The Kier molecular flexibility index (Phi) is 6.95. The van der Waals surface area contributed by atoms with Crippen LogP contribution in [0.4, 0.5) is 0 Å². The lowest BCUT2D eigenvalue weighted by Crippen LogP contribution is -2.48. The Balaban J connectivity index is 1.54. The van der Waals surface area contributed by atoms with Crippen LogP contribution in [-0.2, 0) is 32.2 Å². The summed E-state index contributed by atoms with van der Waals surface area (Å²) < 4.78 is 17.8. The molecule has 4 atom stereocenters. The SMILES string of the molecule is C[C@@H]1[C@H](OCc2ccccc2)[C@H](C=O)CO[C@@H]1COCc1ccccc1. The van der Waals surface area contributed by atoms with E-state index in [1.165, 1.54) is 0 Å². The molecule has 0 radical (unpaired) electrons. The Bertz CT molecular complexity index is 658. The molecule has 3 rings (SSSR count). The fourth-order valence-corrected chi connectivity index (χ4v) is 3.31. The number of ether oxygens (including phenoxy) is 3. The summed E-state index contributed by atoms with van der Waals surface area (Å²) in [5, 5.41) is 0. The smallest absolute Gasteiger partial charge is 0.127 e. The van der Waals surface area contributed by atoms with E-state index in [0.29, 0.717) is 26.4 Å². The molecule has 0 aliphatic carbocycles. The van der Waals surface area contributed by atoms with Gasteiger partial charge >= 0.3 is 0 Å². The van der Waals surface area contributed by atoms with E-state index in [1.807, 2.05) is 60.7 Å². The highest BCUT2D eigenvalue weighted by molar-refractivity contribution is 5.55. The van der Waals surface area contributed by atoms with Crippen LogP contribution in [0, 0.1) is 11.8 Å². The van der Waals surface area contributed by atoms with Crippen LogP contribution in [0.25, 0.3) is 0 Å². The molecule has 26 heavy (non-hydrogen) atoms. The molecular weight excluding hydrogens is 328 g/mol. The standard InChI is InChI=1S/C22H26O4/c1-17-21(16-24-13-18-8-4-2-5-9-18)25-15-20(12-23)22(17)26-14-19-10-6-3-7-11-19/h2-12,17,20-22H,13-16H2,1H3/t17-,20+,21+,22-/m0/s1. The first-order valence-corrected chi connectivity index (χ1v) is 9.12. The highest BCUT2D eigenvalue weighted by Gasteiger charge is 2.38. The Morgan fingerprint density at radius 3 is 2.23 bits per heavy atom. The van der Waals surface area contributed by atoms with Crippen LogP contribution in [-0.4, -0.2) is 31.7 Å². The highest BCUT2D eigenvalue weighted by Crippen LogP contribution is 2.28. The maximum absolute atomic E-state index is 11.4. The third-order valence-corrected chi connectivity index (χ3v) is 4.88. The second kappa shape index (κ2) is 9.62. The summed E-state index contributed by atoms with van der Waals surface area (Å²) in [4.78, 5) is 11.4. The van der Waals surface area contributed by atoms with Crippen LogP contribution in [0.5, 0.6) is 0 Å². The van der Waals surface area contributed by atoms with Gasteiger partial charge in [-0.3, -0.25) is 0 Å². The quantitative estimate of drug-likeness (QED) is 0.679. The predicted molar refractivity (Wildman–Crippen MR) is 99.6 cm³/mol. The van der Waals surface area contributed by atoms with Gasteiger partial charge in [-0.1, -0.05) is 67.6 Å². The molecule has 0 bridgehead atoms. The average molecular weight is 354 g/mol. The summed E-state index contributed by atoms with van der Waals surface area (Å²) in [7, 11) is 0. The van der Waals surface area contributed by atoms with Crippen LogP contribution in [0.15, 0.2) is 60.7 Å². The summed E-state index contributed by atoms with van der Waals surface area (Å²) >= 11 is 0. The van der Waals surface area contributed by atoms with Crippen molar-refractivity contribution in [3.8, 4) is 0 Å². The lowest BCUT2D eigenvalue weighted by Gasteiger charge is -2.39. The topological polar surface area (TPSA) is 44.8 Å². The van der Waals surface area contributed by atoms with Crippen molar-refractivity contribution in [2.24, 2.45) is 11.8 Å². The third kappa shape index (κ3) is 5.01. The molecule has 0 N–H and O–H groups in total. The van der Waals surface area contributed by atoms with Crippen molar-refractivity contribution in [2.45, 2.75) is 32.3 Å². The van der Waals surface area contributed by atoms with Gasteiger partial charge in [-0.05, 0) is 11.1 Å². The molecule has 1 aliphatic heterocycles. The first-order chi connectivity index (χ1) is 12.8. The molecule has 0 saturated carbocycles. The van der Waals surface area contributed by atoms with E-state index < -0.39 is 0 Å².